The average molecular weight is 355 g/mol. The van der Waals surface area contributed by atoms with Gasteiger partial charge >= 0.3 is 0 Å². The summed E-state index contributed by atoms with van der Waals surface area (Å²) in [5.74, 6) is 1.42. The lowest BCUT2D eigenvalue weighted by atomic mass is 10.1. The molecule has 0 saturated carbocycles. The van der Waals surface area contributed by atoms with Crippen LogP contribution < -0.4 is 19.5 Å². The molecule has 3 rings (SSSR count). The third-order valence-electron chi connectivity index (χ3n) is 4.26. The van der Waals surface area contributed by atoms with Crippen LogP contribution in [0.3, 0.4) is 0 Å². The van der Waals surface area contributed by atoms with Crippen LogP contribution in [0.4, 0.5) is 0 Å². The summed E-state index contributed by atoms with van der Waals surface area (Å²) in [6.07, 6.45) is 1.65. The first-order chi connectivity index (χ1) is 12.6. The van der Waals surface area contributed by atoms with Crippen molar-refractivity contribution < 1.29 is 19.0 Å². The van der Waals surface area contributed by atoms with E-state index in [0.29, 0.717) is 22.8 Å². The van der Waals surface area contributed by atoms with Gasteiger partial charge in [0.15, 0.2) is 11.5 Å². The molecule has 7 heteroatoms. The Morgan fingerprint density at radius 3 is 2.42 bits per heavy atom. The van der Waals surface area contributed by atoms with E-state index >= 15 is 0 Å². The topological polar surface area (TPSA) is 85.5 Å². The van der Waals surface area contributed by atoms with E-state index in [1.807, 2.05) is 31.2 Å². The number of methoxy groups -OCH3 is 3. The van der Waals surface area contributed by atoms with E-state index in [9.17, 15) is 4.79 Å². The van der Waals surface area contributed by atoms with Crippen molar-refractivity contribution in [3.63, 3.8) is 0 Å². The molecule has 3 aromatic rings. The van der Waals surface area contributed by atoms with Crippen LogP contribution in [0.1, 0.15) is 28.9 Å². The predicted octanol–water partition coefficient (Wildman–Crippen LogP) is 3.08. The van der Waals surface area contributed by atoms with Gasteiger partial charge in [-0.25, -0.2) is 0 Å². The molecule has 7 nitrogen and oxygen atoms in total. The van der Waals surface area contributed by atoms with E-state index in [1.54, 1.807) is 33.6 Å². The molecule has 1 atom stereocenters. The maximum absolute atomic E-state index is 12.7. The zero-order valence-electron chi connectivity index (χ0n) is 15.1. The Hall–Kier alpha value is -3.22. The molecule has 0 aliphatic rings. The summed E-state index contributed by atoms with van der Waals surface area (Å²) < 4.78 is 16.1. The predicted molar refractivity (Wildman–Crippen MR) is 98.1 cm³/mol. The molecule has 1 heterocycles. The first-order valence-corrected chi connectivity index (χ1v) is 8.12. The highest BCUT2D eigenvalue weighted by molar-refractivity contribution is 6.06. The summed E-state index contributed by atoms with van der Waals surface area (Å²) in [6, 6.07) is 8.85. The van der Waals surface area contributed by atoms with Crippen molar-refractivity contribution >= 4 is 16.8 Å². The van der Waals surface area contributed by atoms with Gasteiger partial charge in [-0.3, -0.25) is 9.89 Å². The van der Waals surface area contributed by atoms with Crippen LogP contribution in [-0.2, 0) is 0 Å². The van der Waals surface area contributed by atoms with Crippen molar-refractivity contribution in [3.8, 4) is 17.2 Å². The minimum atomic E-state index is -0.265. The van der Waals surface area contributed by atoms with Gasteiger partial charge in [0.25, 0.3) is 5.91 Å². The van der Waals surface area contributed by atoms with Crippen molar-refractivity contribution in [2.45, 2.75) is 13.0 Å². The number of carbonyl (C=O) groups is 1. The Kier molecular flexibility index (Phi) is 4.97. The number of hydrogen-bond acceptors (Lipinski definition) is 5. The van der Waals surface area contributed by atoms with E-state index in [4.69, 9.17) is 14.2 Å². The monoisotopic (exact) mass is 355 g/mol. The average Bonchev–Trinajstić information content (AvgIpc) is 3.15. The van der Waals surface area contributed by atoms with E-state index in [1.165, 1.54) is 0 Å². The van der Waals surface area contributed by atoms with E-state index in [0.717, 1.165) is 16.5 Å². The van der Waals surface area contributed by atoms with Gasteiger partial charge in [-0.05, 0) is 36.8 Å². The molecule has 0 bridgehead atoms. The van der Waals surface area contributed by atoms with Gasteiger partial charge < -0.3 is 19.5 Å². The molecule has 2 N–H and O–H groups in total. The molecule has 1 amide bonds. The van der Waals surface area contributed by atoms with E-state index in [2.05, 4.69) is 15.5 Å². The Morgan fingerprint density at radius 2 is 1.81 bits per heavy atom. The second-order valence-corrected chi connectivity index (χ2v) is 5.79. The van der Waals surface area contributed by atoms with Gasteiger partial charge in [0.1, 0.15) is 0 Å². The number of nitrogens with one attached hydrogen (secondary N) is 2. The number of aromatic nitrogens is 2. The first kappa shape index (κ1) is 17.6. The molecule has 0 aliphatic carbocycles. The highest BCUT2D eigenvalue weighted by Crippen LogP contribution is 2.39. The highest BCUT2D eigenvalue weighted by Gasteiger charge is 2.19. The Morgan fingerprint density at radius 1 is 1.12 bits per heavy atom. The Labute approximate surface area is 151 Å². The standard InChI is InChI=1S/C19H21N3O4/c1-11(12-8-16(24-2)18(26-4)17(9-12)25-3)21-19(23)13-6-5-7-15-14(13)10-20-22-15/h5-11H,1-4H3,(H,20,22)(H,21,23). The van der Waals surface area contributed by atoms with Crippen LogP contribution in [0, 0.1) is 0 Å². The number of carbonyl (C=O) groups excluding carboxylic acids is 1. The van der Waals surface area contributed by atoms with Crippen LogP contribution in [0.15, 0.2) is 36.5 Å². The molecule has 0 aliphatic heterocycles. The van der Waals surface area contributed by atoms with Gasteiger partial charge in [-0.15, -0.1) is 0 Å². The summed E-state index contributed by atoms with van der Waals surface area (Å²) in [5.41, 5.74) is 2.22. The number of ether oxygens (including phenoxy) is 3. The maximum atomic E-state index is 12.7. The number of H-pyrrole nitrogens is 1. The van der Waals surface area contributed by atoms with Gasteiger partial charge in [-0.1, -0.05) is 6.07 Å². The molecule has 0 saturated heterocycles. The number of aromatic amines is 1. The molecule has 1 aromatic heterocycles. The fourth-order valence-corrected chi connectivity index (χ4v) is 2.88. The first-order valence-electron chi connectivity index (χ1n) is 8.12. The number of amides is 1. The van der Waals surface area contributed by atoms with Gasteiger partial charge in [-0.2, -0.15) is 5.10 Å². The fourth-order valence-electron chi connectivity index (χ4n) is 2.88. The zero-order valence-corrected chi connectivity index (χ0v) is 15.1. The van der Waals surface area contributed by atoms with Gasteiger partial charge in [0, 0.05) is 5.39 Å². The molecule has 0 radical (unpaired) electrons. The fraction of sp³-hybridized carbons (Fsp3) is 0.263. The lowest BCUT2D eigenvalue weighted by molar-refractivity contribution is 0.0941. The minimum Gasteiger partial charge on any atom is -0.493 e. The lowest BCUT2D eigenvalue weighted by Gasteiger charge is -2.19. The van der Waals surface area contributed by atoms with Crippen molar-refractivity contribution in [1.29, 1.82) is 0 Å². The van der Waals surface area contributed by atoms with Crippen molar-refractivity contribution in [1.82, 2.24) is 15.5 Å². The van der Waals surface area contributed by atoms with Crippen LogP contribution in [0.2, 0.25) is 0 Å². The summed E-state index contributed by atoms with van der Waals surface area (Å²) in [4.78, 5) is 12.7. The van der Waals surface area contributed by atoms with Crippen LogP contribution in [-0.4, -0.2) is 37.4 Å². The number of benzene rings is 2. The Bertz CT molecular complexity index is 910. The quantitative estimate of drug-likeness (QED) is 0.710. The third kappa shape index (κ3) is 3.15. The number of nitrogens with zero attached hydrogens (tertiary/aromatic N) is 1. The highest BCUT2D eigenvalue weighted by atomic mass is 16.5. The molecule has 136 valence electrons. The normalized spacial score (nSPS) is 11.8. The molecule has 26 heavy (non-hydrogen) atoms. The van der Waals surface area contributed by atoms with Gasteiger partial charge in [0.05, 0.1) is 44.6 Å². The molecular formula is C19H21N3O4. The summed E-state index contributed by atoms with van der Waals surface area (Å²) >= 11 is 0. The Balaban J connectivity index is 1.89. The molecule has 0 fully saturated rings. The van der Waals surface area contributed by atoms with Crippen LogP contribution >= 0.6 is 0 Å². The summed E-state index contributed by atoms with van der Waals surface area (Å²) in [6.45, 7) is 1.90. The zero-order chi connectivity index (χ0) is 18.7. The maximum Gasteiger partial charge on any atom is 0.252 e. The number of rotatable bonds is 6. The largest absolute Gasteiger partial charge is 0.493 e. The second kappa shape index (κ2) is 7.35. The smallest absolute Gasteiger partial charge is 0.252 e. The summed E-state index contributed by atoms with van der Waals surface area (Å²) in [7, 11) is 4.67. The van der Waals surface area contributed by atoms with E-state index < -0.39 is 0 Å². The van der Waals surface area contributed by atoms with Crippen molar-refractivity contribution in [2.24, 2.45) is 0 Å². The lowest BCUT2D eigenvalue weighted by Crippen LogP contribution is -2.26. The van der Waals surface area contributed by atoms with Crippen molar-refractivity contribution in [2.75, 3.05) is 21.3 Å². The summed E-state index contributed by atoms with van der Waals surface area (Å²) in [5, 5.41) is 10.6. The second-order valence-electron chi connectivity index (χ2n) is 5.79. The SMILES string of the molecule is COc1cc(C(C)NC(=O)c2cccc3[nH]ncc23)cc(OC)c1OC. The molecule has 2 aromatic carbocycles. The van der Waals surface area contributed by atoms with E-state index in [-0.39, 0.29) is 11.9 Å². The minimum absolute atomic E-state index is 0.182. The number of hydrogen-bond donors (Lipinski definition) is 2. The molecular weight excluding hydrogens is 334 g/mol. The molecule has 1 unspecified atom stereocenters. The van der Waals surface area contributed by atoms with Gasteiger partial charge in [0.2, 0.25) is 5.75 Å². The van der Waals surface area contributed by atoms with Crippen LogP contribution in [0.5, 0.6) is 17.2 Å². The van der Waals surface area contributed by atoms with Crippen LogP contribution in [0.25, 0.3) is 10.9 Å². The van der Waals surface area contributed by atoms with Crippen molar-refractivity contribution in [3.05, 3.63) is 47.7 Å². The number of fused-ring (bicyclic) bond motifs is 1. The third-order valence-corrected chi connectivity index (χ3v) is 4.26. The molecule has 0 spiro atoms.